The maximum Gasteiger partial charge on any atom is 0.251 e. The molecule has 0 bridgehead atoms. The lowest BCUT2D eigenvalue weighted by atomic mass is 10.0. The number of amides is 1. The highest BCUT2D eigenvalue weighted by Gasteiger charge is 2.12. The molecule has 0 aromatic heterocycles. The lowest BCUT2D eigenvalue weighted by Crippen LogP contribution is -2.26. The van der Waals surface area contributed by atoms with E-state index in [1.807, 2.05) is 45.0 Å². The fourth-order valence-electron chi connectivity index (χ4n) is 2.08. The maximum atomic E-state index is 12.2. The van der Waals surface area contributed by atoms with Gasteiger partial charge in [0.05, 0.1) is 6.04 Å². The summed E-state index contributed by atoms with van der Waals surface area (Å²) in [5.41, 5.74) is 10.3. The molecule has 1 amide bonds. The molecule has 0 spiro atoms. The van der Waals surface area contributed by atoms with Crippen molar-refractivity contribution in [1.82, 2.24) is 5.32 Å². The van der Waals surface area contributed by atoms with Gasteiger partial charge in [0.1, 0.15) is 0 Å². The quantitative estimate of drug-likeness (QED) is 0.838. The van der Waals surface area contributed by atoms with E-state index in [2.05, 4.69) is 11.4 Å². The predicted octanol–water partition coefficient (Wildman–Crippen LogP) is 3.38. The summed E-state index contributed by atoms with van der Waals surface area (Å²) in [5.74, 6) is -0.106. The number of nitrogen functional groups attached to an aromatic ring is 1. The number of carbonyl (C=O) groups excluding carboxylic acids is 1. The fourth-order valence-corrected chi connectivity index (χ4v) is 2.08. The van der Waals surface area contributed by atoms with E-state index in [-0.39, 0.29) is 11.9 Å². The molecule has 0 fully saturated rings. The summed E-state index contributed by atoms with van der Waals surface area (Å²) in [6.45, 7) is 5.94. The first-order valence-electron chi connectivity index (χ1n) is 6.71. The van der Waals surface area contributed by atoms with Crippen molar-refractivity contribution in [3.8, 4) is 0 Å². The average Bonchev–Trinajstić information content (AvgIpc) is 2.41. The highest BCUT2D eigenvalue weighted by molar-refractivity contribution is 5.95. The molecule has 104 valence electrons. The van der Waals surface area contributed by atoms with Crippen LogP contribution in [0.15, 0.2) is 42.5 Å². The van der Waals surface area contributed by atoms with Gasteiger partial charge in [-0.15, -0.1) is 0 Å². The zero-order chi connectivity index (χ0) is 14.7. The van der Waals surface area contributed by atoms with Crippen molar-refractivity contribution in [2.45, 2.75) is 26.8 Å². The molecule has 20 heavy (non-hydrogen) atoms. The Morgan fingerprint density at radius 2 is 1.90 bits per heavy atom. The Morgan fingerprint density at radius 1 is 1.15 bits per heavy atom. The Hall–Kier alpha value is -2.29. The summed E-state index contributed by atoms with van der Waals surface area (Å²) in [7, 11) is 0. The fraction of sp³-hybridized carbons (Fsp3) is 0.235. The zero-order valence-corrected chi connectivity index (χ0v) is 12.1. The number of rotatable bonds is 3. The summed E-state index contributed by atoms with van der Waals surface area (Å²) in [6.07, 6.45) is 0. The molecule has 3 heteroatoms. The Morgan fingerprint density at radius 3 is 2.55 bits per heavy atom. The maximum absolute atomic E-state index is 12.2. The molecule has 1 atom stereocenters. The van der Waals surface area contributed by atoms with Crippen molar-refractivity contribution in [3.63, 3.8) is 0 Å². The molecule has 3 nitrogen and oxygen atoms in total. The molecule has 3 N–H and O–H groups in total. The van der Waals surface area contributed by atoms with Gasteiger partial charge in [-0.2, -0.15) is 0 Å². The molecule has 2 rings (SSSR count). The number of hydrogen-bond donors (Lipinski definition) is 2. The van der Waals surface area contributed by atoms with Crippen LogP contribution in [0.3, 0.4) is 0 Å². The van der Waals surface area contributed by atoms with Crippen LogP contribution in [-0.2, 0) is 0 Å². The van der Waals surface area contributed by atoms with E-state index in [1.54, 1.807) is 12.1 Å². The van der Waals surface area contributed by atoms with Crippen LogP contribution in [0.25, 0.3) is 0 Å². The minimum Gasteiger partial charge on any atom is -0.398 e. The minimum absolute atomic E-state index is 0.0371. The van der Waals surface area contributed by atoms with E-state index in [9.17, 15) is 4.79 Å². The van der Waals surface area contributed by atoms with Gasteiger partial charge in [0.2, 0.25) is 0 Å². The van der Waals surface area contributed by atoms with Gasteiger partial charge >= 0.3 is 0 Å². The normalized spacial score (nSPS) is 11.9. The van der Waals surface area contributed by atoms with Crippen molar-refractivity contribution < 1.29 is 4.79 Å². The lowest BCUT2D eigenvalue weighted by molar-refractivity contribution is 0.0940. The van der Waals surface area contributed by atoms with Crippen molar-refractivity contribution in [2.24, 2.45) is 0 Å². The number of nitrogens with two attached hydrogens (primary N) is 1. The molecule has 0 saturated heterocycles. The molecule has 2 aromatic carbocycles. The first kappa shape index (κ1) is 14.1. The molecule has 0 aliphatic rings. The third kappa shape index (κ3) is 3.18. The standard InChI is InChI=1S/C17H20N2O/c1-11-5-4-6-14(9-11)13(3)19-17(20)15-8-7-12(2)16(18)10-15/h4-10,13H,18H2,1-3H3,(H,19,20)/t13-/m0/s1. The molecule has 2 aromatic rings. The van der Waals surface area contributed by atoms with E-state index in [0.29, 0.717) is 11.3 Å². The summed E-state index contributed by atoms with van der Waals surface area (Å²) in [4.78, 5) is 12.2. The molecule has 0 radical (unpaired) electrons. The Kier molecular flexibility index (Phi) is 4.08. The molecule has 0 saturated carbocycles. The van der Waals surface area contributed by atoms with Gasteiger partial charge < -0.3 is 11.1 Å². The van der Waals surface area contributed by atoms with E-state index in [0.717, 1.165) is 11.1 Å². The van der Waals surface area contributed by atoms with Gasteiger partial charge in [-0.05, 0) is 44.0 Å². The van der Waals surface area contributed by atoms with Crippen LogP contribution in [-0.4, -0.2) is 5.91 Å². The van der Waals surface area contributed by atoms with Gasteiger partial charge in [0.15, 0.2) is 0 Å². The number of aryl methyl sites for hydroxylation is 2. The average molecular weight is 268 g/mol. The van der Waals surface area contributed by atoms with Crippen molar-refractivity contribution in [2.75, 3.05) is 5.73 Å². The van der Waals surface area contributed by atoms with Gasteiger partial charge in [0, 0.05) is 11.3 Å². The lowest BCUT2D eigenvalue weighted by Gasteiger charge is -2.15. The highest BCUT2D eigenvalue weighted by atomic mass is 16.1. The zero-order valence-electron chi connectivity index (χ0n) is 12.1. The topological polar surface area (TPSA) is 55.1 Å². The van der Waals surface area contributed by atoms with Gasteiger partial charge in [0.25, 0.3) is 5.91 Å². The highest BCUT2D eigenvalue weighted by Crippen LogP contribution is 2.16. The summed E-state index contributed by atoms with van der Waals surface area (Å²) < 4.78 is 0. The molecule has 0 heterocycles. The third-order valence-corrected chi connectivity index (χ3v) is 3.43. The second-order valence-corrected chi connectivity index (χ2v) is 5.18. The van der Waals surface area contributed by atoms with Crippen LogP contribution >= 0.6 is 0 Å². The second-order valence-electron chi connectivity index (χ2n) is 5.18. The van der Waals surface area contributed by atoms with Crippen molar-refractivity contribution >= 4 is 11.6 Å². The van der Waals surface area contributed by atoms with Crippen molar-refractivity contribution in [3.05, 3.63) is 64.7 Å². The number of benzene rings is 2. The molecule has 0 aliphatic carbocycles. The SMILES string of the molecule is Cc1cccc([C@H](C)NC(=O)c2ccc(C)c(N)c2)c1. The first-order chi connectivity index (χ1) is 9.47. The number of nitrogens with one attached hydrogen (secondary N) is 1. The van der Waals surface area contributed by atoms with Crippen LogP contribution in [0.5, 0.6) is 0 Å². The first-order valence-corrected chi connectivity index (χ1v) is 6.71. The minimum atomic E-state index is -0.106. The van der Waals surface area contributed by atoms with Crippen LogP contribution in [0.4, 0.5) is 5.69 Å². The van der Waals surface area contributed by atoms with Crippen molar-refractivity contribution in [1.29, 1.82) is 0 Å². The summed E-state index contributed by atoms with van der Waals surface area (Å²) in [5, 5.41) is 2.99. The van der Waals surface area contributed by atoms with Crippen LogP contribution < -0.4 is 11.1 Å². The van der Waals surface area contributed by atoms with E-state index >= 15 is 0 Å². The van der Waals surface area contributed by atoms with Crippen LogP contribution in [0, 0.1) is 13.8 Å². The van der Waals surface area contributed by atoms with Gasteiger partial charge in [-0.3, -0.25) is 4.79 Å². The van der Waals surface area contributed by atoms with Crippen LogP contribution in [0.1, 0.15) is 40.0 Å². The number of carbonyl (C=O) groups is 1. The van der Waals surface area contributed by atoms with E-state index < -0.39 is 0 Å². The third-order valence-electron chi connectivity index (χ3n) is 3.43. The molecular weight excluding hydrogens is 248 g/mol. The number of anilines is 1. The van der Waals surface area contributed by atoms with E-state index in [4.69, 9.17) is 5.73 Å². The second kappa shape index (κ2) is 5.78. The van der Waals surface area contributed by atoms with Gasteiger partial charge in [-0.1, -0.05) is 35.9 Å². The molecule has 0 aliphatic heterocycles. The monoisotopic (exact) mass is 268 g/mol. The molecule has 0 unspecified atom stereocenters. The summed E-state index contributed by atoms with van der Waals surface area (Å²) >= 11 is 0. The molecular formula is C17H20N2O. The van der Waals surface area contributed by atoms with Crippen LogP contribution in [0.2, 0.25) is 0 Å². The van der Waals surface area contributed by atoms with E-state index in [1.165, 1.54) is 5.56 Å². The predicted molar refractivity (Wildman–Crippen MR) is 82.7 cm³/mol. The summed E-state index contributed by atoms with van der Waals surface area (Å²) in [6, 6.07) is 13.5. The van der Waals surface area contributed by atoms with Gasteiger partial charge in [-0.25, -0.2) is 0 Å². The Labute approximate surface area is 119 Å². The largest absolute Gasteiger partial charge is 0.398 e. The smallest absolute Gasteiger partial charge is 0.251 e. The Balaban J connectivity index is 2.13. The number of hydrogen-bond acceptors (Lipinski definition) is 2. The Bertz CT molecular complexity index is 635.